The van der Waals surface area contributed by atoms with Crippen molar-refractivity contribution in [1.82, 2.24) is 5.32 Å². The molecule has 0 aliphatic rings. The SMILES string of the molecule is CNCCOCC=CCl. The summed E-state index contributed by atoms with van der Waals surface area (Å²) in [7, 11) is 1.89. The second-order valence-electron chi connectivity index (χ2n) is 1.54. The molecule has 0 heterocycles. The minimum atomic E-state index is 0.602. The molecule has 0 unspecified atom stereocenters. The molecule has 0 aliphatic carbocycles. The summed E-state index contributed by atoms with van der Waals surface area (Å²) < 4.78 is 5.08. The van der Waals surface area contributed by atoms with Gasteiger partial charge in [0, 0.05) is 12.1 Å². The Bertz CT molecular complexity index is 75.5. The first-order valence-corrected chi connectivity index (χ1v) is 3.33. The van der Waals surface area contributed by atoms with Crippen molar-refractivity contribution >= 4 is 11.6 Å². The Balaban J connectivity index is 2.75. The maximum absolute atomic E-state index is 5.24. The van der Waals surface area contributed by atoms with E-state index < -0.39 is 0 Å². The number of ether oxygens (including phenoxy) is 1. The topological polar surface area (TPSA) is 21.3 Å². The van der Waals surface area contributed by atoms with Gasteiger partial charge in [-0.15, -0.1) is 0 Å². The Morgan fingerprint density at radius 3 is 3.00 bits per heavy atom. The van der Waals surface area contributed by atoms with Crippen LogP contribution in [0.15, 0.2) is 11.6 Å². The summed E-state index contributed by atoms with van der Waals surface area (Å²) in [5.74, 6) is 0. The van der Waals surface area contributed by atoms with Crippen LogP contribution in [0.5, 0.6) is 0 Å². The van der Waals surface area contributed by atoms with Crippen molar-refractivity contribution in [2.45, 2.75) is 0 Å². The highest BCUT2D eigenvalue weighted by Crippen LogP contribution is 1.79. The van der Waals surface area contributed by atoms with Gasteiger partial charge in [0.2, 0.25) is 0 Å². The van der Waals surface area contributed by atoms with Crippen LogP contribution in [0.2, 0.25) is 0 Å². The van der Waals surface area contributed by atoms with E-state index in [0.29, 0.717) is 6.61 Å². The quantitative estimate of drug-likeness (QED) is 0.589. The molecule has 0 spiro atoms. The molecular formula is C6H12ClNO. The summed E-state index contributed by atoms with van der Waals surface area (Å²) in [5, 5.41) is 2.96. The summed E-state index contributed by atoms with van der Waals surface area (Å²) in [6.07, 6.45) is 1.76. The molecule has 0 saturated carbocycles. The van der Waals surface area contributed by atoms with Crippen molar-refractivity contribution in [2.24, 2.45) is 0 Å². The van der Waals surface area contributed by atoms with E-state index in [1.165, 1.54) is 5.54 Å². The van der Waals surface area contributed by atoms with Crippen LogP contribution in [-0.2, 0) is 4.74 Å². The van der Waals surface area contributed by atoms with Crippen LogP contribution < -0.4 is 5.32 Å². The first kappa shape index (κ1) is 8.95. The number of halogens is 1. The number of hydrogen-bond donors (Lipinski definition) is 1. The third-order valence-corrected chi connectivity index (χ3v) is 0.978. The number of rotatable bonds is 5. The van der Waals surface area contributed by atoms with Gasteiger partial charge >= 0.3 is 0 Å². The summed E-state index contributed by atoms with van der Waals surface area (Å²) in [5.41, 5.74) is 1.46. The molecule has 0 radical (unpaired) electrons. The molecule has 9 heavy (non-hydrogen) atoms. The van der Waals surface area contributed by atoms with Crippen LogP contribution in [0.4, 0.5) is 0 Å². The standard InChI is InChI=1S/C6H12ClNO/c1-8-4-6-9-5-2-3-7/h2-3,8H,4-6H2,1H3. The molecule has 0 aromatic rings. The molecule has 0 amide bonds. The molecule has 0 bridgehead atoms. The van der Waals surface area contributed by atoms with Gasteiger partial charge in [0.05, 0.1) is 13.2 Å². The van der Waals surface area contributed by atoms with E-state index in [-0.39, 0.29) is 0 Å². The Morgan fingerprint density at radius 1 is 1.67 bits per heavy atom. The van der Waals surface area contributed by atoms with E-state index in [4.69, 9.17) is 16.3 Å². The van der Waals surface area contributed by atoms with Crippen LogP contribution in [0, 0.1) is 0 Å². The van der Waals surface area contributed by atoms with Gasteiger partial charge in [-0.25, -0.2) is 0 Å². The zero-order valence-electron chi connectivity index (χ0n) is 5.56. The Kier molecular flexibility index (Phi) is 7.91. The Morgan fingerprint density at radius 2 is 2.44 bits per heavy atom. The van der Waals surface area contributed by atoms with Gasteiger partial charge in [-0.3, -0.25) is 0 Å². The molecule has 0 aliphatic heterocycles. The lowest BCUT2D eigenvalue weighted by atomic mass is 10.6. The van der Waals surface area contributed by atoms with E-state index in [2.05, 4.69) is 5.32 Å². The average molecular weight is 150 g/mol. The van der Waals surface area contributed by atoms with Gasteiger partial charge in [-0.05, 0) is 13.1 Å². The molecule has 2 nitrogen and oxygen atoms in total. The summed E-state index contributed by atoms with van der Waals surface area (Å²) >= 11 is 5.24. The lowest BCUT2D eigenvalue weighted by molar-refractivity contribution is 0.165. The van der Waals surface area contributed by atoms with Gasteiger partial charge in [0.15, 0.2) is 0 Å². The molecule has 54 valence electrons. The predicted octanol–water partition coefficient (Wildman–Crippen LogP) is 0.975. The molecule has 0 aromatic carbocycles. The van der Waals surface area contributed by atoms with Crippen LogP contribution in [0.3, 0.4) is 0 Å². The van der Waals surface area contributed by atoms with E-state index in [1.54, 1.807) is 6.08 Å². The number of nitrogens with one attached hydrogen (secondary N) is 1. The molecule has 1 N–H and O–H groups in total. The lowest BCUT2D eigenvalue weighted by Gasteiger charge is -1.97. The van der Waals surface area contributed by atoms with Crippen molar-refractivity contribution in [3.8, 4) is 0 Å². The second kappa shape index (κ2) is 7.95. The minimum absolute atomic E-state index is 0.602. The van der Waals surface area contributed by atoms with E-state index in [1.807, 2.05) is 7.05 Å². The van der Waals surface area contributed by atoms with Crippen molar-refractivity contribution in [3.63, 3.8) is 0 Å². The normalized spacial score (nSPS) is 10.9. The molecule has 0 rings (SSSR count). The van der Waals surface area contributed by atoms with Gasteiger partial charge < -0.3 is 10.1 Å². The zero-order valence-corrected chi connectivity index (χ0v) is 6.32. The third kappa shape index (κ3) is 7.95. The van der Waals surface area contributed by atoms with Gasteiger partial charge in [-0.1, -0.05) is 11.6 Å². The highest BCUT2D eigenvalue weighted by atomic mass is 35.5. The average Bonchev–Trinajstić information content (AvgIpc) is 1.89. The van der Waals surface area contributed by atoms with Crippen LogP contribution in [-0.4, -0.2) is 26.8 Å². The molecular weight excluding hydrogens is 138 g/mol. The highest BCUT2D eigenvalue weighted by molar-refractivity contribution is 6.25. The molecule has 0 fully saturated rings. The van der Waals surface area contributed by atoms with Crippen molar-refractivity contribution in [2.75, 3.05) is 26.8 Å². The maximum atomic E-state index is 5.24. The van der Waals surface area contributed by atoms with Gasteiger partial charge in [0.1, 0.15) is 0 Å². The van der Waals surface area contributed by atoms with Crippen LogP contribution >= 0.6 is 11.6 Å². The summed E-state index contributed by atoms with van der Waals surface area (Å²) in [4.78, 5) is 0. The highest BCUT2D eigenvalue weighted by Gasteiger charge is 1.79. The van der Waals surface area contributed by atoms with Gasteiger partial charge in [0.25, 0.3) is 0 Å². The predicted molar refractivity (Wildman–Crippen MR) is 39.7 cm³/mol. The van der Waals surface area contributed by atoms with E-state index >= 15 is 0 Å². The fourth-order valence-electron chi connectivity index (χ4n) is 0.362. The maximum Gasteiger partial charge on any atom is 0.0659 e. The first-order valence-electron chi connectivity index (χ1n) is 2.89. The molecule has 0 aromatic heterocycles. The van der Waals surface area contributed by atoms with Crippen molar-refractivity contribution < 1.29 is 4.74 Å². The van der Waals surface area contributed by atoms with Gasteiger partial charge in [-0.2, -0.15) is 0 Å². The number of hydrogen-bond acceptors (Lipinski definition) is 2. The Labute approximate surface area is 60.8 Å². The van der Waals surface area contributed by atoms with Crippen LogP contribution in [0.25, 0.3) is 0 Å². The third-order valence-electron chi connectivity index (χ3n) is 0.800. The largest absolute Gasteiger partial charge is 0.376 e. The van der Waals surface area contributed by atoms with Crippen molar-refractivity contribution in [3.05, 3.63) is 11.6 Å². The zero-order chi connectivity index (χ0) is 6.95. The monoisotopic (exact) mass is 149 g/mol. The fourth-order valence-corrected chi connectivity index (χ4v) is 0.435. The smallest absolute Gasteiger partial charge is 0.0659 e. The summed E-state index contributed by atoms with van der Waals surface area (Å²) in [6.45, 7) is 2.22. The summed E-state index contributed by atoms with van der Waals surface area (Å²) in [6, 6.07) is 0. The fraction of sp³-hybridized carbons (Fsp3) is 0.667. The van der Waals surface area contributed by atoms with E-state index in [9.17, 15) is 0 Å². The van der Waals surface area contributed by atoms with Crippen molar-refractivity contribution in [1.29, 1.82) is 0 Å². The second-order valence-corrected chi connectivity index (χ2v) is 1.79. The number of likely N-dealkylation sites (N-methyl/N-ethyl adjacent to an activating group) is 1. The molecule has 0 saturated heterocycles. The Hall–Kier alpha value is -0.0500. The lowest BCUT2D eigenvalue weighted by Crippen LogP contribution is -2.13. The minimum Gasteiger partial charge on any atom is -0.376 e. The first-order chi connectivity index (χ1) is 4.41. The van der Waals surface area contributed by atoms with E-state index in [0.717, 1.165) is 13.2 Å². The van der Waals surface area contributed by atoms with Crippen LogP contribution in [0.1, 0.15) is 0 Å². The molecule has 3 heteroatoms. The molecule has 0 atom stereocenters.